The highest BCUT2D eigenvalue weighted by molar-refractivity contribution is 5.96. The fourth-order valence-corrected chi connectivity index (χ4v) is 2.23. The number of non-ortho nitro benzene ring substituents is 1. The molecule has 0 atom stereocenters. The minimum Gasteiger partial charge on any atom is -0.383 e. The first-order valence-corrected chi connectivity index (χ1v) is 7.00. The molecule has 1 N–H and O–H groups in total. The maximum Gasteiger partial charge on any atom is 0.278 e. The third kappa shape index (κ3) is 3.23. The average Bonchev–Trinajstić information content (AvgIpc) is 2.46. The Labute approximate surface area is 118 Å². The van der Waals surface area contributed by atoms with E-state index in [0.717, 1.165) is 18.7 Å². The first-order valence-electron chi connectivity index (χ1n) is 7.00. The van der Waals surface area contributed by atoms with E-state index in [1.807, 2.05) is 0 Å². The van der Waals surface area contributed by atoms with E-state index in [4.69, 9.17) is 0 Å². The molecule has 0 bridgehead atoms. The second-order valence-electron chi connectivity index (χ2n) is 4.78. The lowest BCUT2D eigenvalue weighted by atomic mass is 10.1. The number of hydrogen-bond donors (Lipinski definition) is 1. The average molecular weight is 273 g/mol. The quantitative estimate of drug-likeness (QED) is 0.468. The second-order valence-corrected chi connectivity index (χ2v) is 4.78. The zero-order valence-corrected chi connectivity index (χ0v) is 11.6. The molecule has 2 rings (SSSR count). The van der Waals surface area contributed by atoms with Crippen LogP contribution in [0.3, 0.4) is 0 Å². The van der Waals surface area contributed by atoms with Gasteiger partial charge in [0.2, 0.25) is 0 Å². The number of pyridine rings is 1. The Kier molecular flexibility index (Phi) is 4.87. The highest BCUT2D eigenvalue weighted by Gasteiger charge is 2.14. The number of unbranched alkanes of at least 4 members (excludes halogenated alkanes) is 3. The Hall–Kier alpha value is -2.17. The first-order chi connectivity index (χ1) is 9.74. The predicted molar refractivity (Wildman–Crippen MR) is 81.0 cm³/mol. The van der Waals surface area contributed by atoms with Crippen LogP contribution in [-0.4, -0.2) is 16.5 Å². The topological polar surface area (TPSA) is 68.1 Å². The van der Waals surface area contributed by atoms with Crippen molar-refractivity contribution in [2.45, 2.75) is 32.6 Å². The van der Waals surface area contributed by atoms with Gasteiger partial charge in [-0.15, -0.1) is 0 Å². The van der Waals surface area contributed by atoms with E-state index in [1.165, 1.54) is 19.3 Å². The monoisotopic (exact) mass is 273 g/mol. The molecule has 106 valence electrons. The van der Waals surface area contributed by atoms with Gasteiger partial charge in [0.05, 0.1) is 16.0 Å². The zero-order valence-electron chi connectivity index (χ0n) is 11.6. The van der Waals surface area contributed by atoms with Crippen LogP contribution in [0.5, 0.6) is 0 Å². The van der Waals surface area contributed by atoms with Crippen LogP contribution < -0.4 is 5.32 Å². The van der Waals surface area contributed by atoms with E-state index in [0.29, 0.717) is 10.9 Å². The van der Waals surface area contributed by atoms with Crippen molar-refractivity contribution in [1.29, 1.82) is 0 Å². The van der Waals surface area contributed by atoms with Gasteiger partial charge in [0.25, 0.3) is 5.69 Å². The number of nitro benzene ring substituents is 1. The van der Waals surface area contributed by atoms with E-state index in [1.54, 1.807) is 30.5 Å². The standard InChI is InChI=1S/C15H19N3O2/c1-2-3-4-5-10-16-13-8-9-14(18(19)20)12-7-6-11-17-15(12)13/h6-9,11,16H,2-5,10H2,1H3. The van der Waals surface area contributed by atoms with Crippen LogP contribution in [0.25, 0.3) is 10.9 Å². The third-order valence-corrected chi connectivity index (χ3v) is 3.29. The molecule has 0 aliphatic carbocycles. The van der Waals surface area contributed by atoms with Crippen LogP contribution in [0.15, 0.2) is 30.5 Å². The number of rotatable bonds is 7. The molecule has 1 heterocycles. The van der Waals surface area contributed by atoms with E-state index in [-0.39, 0.29) is 10.6 Å². The third-order valence-electron chi connectivity index (χ3n) is 3.29. The summed E-state index contributed by atoms with van der Waals surface area (Å²) in [5, 5.41) is 14.9. The fourth-order valence-electron chi connectivity index (χ4n) is 2.23. The molecule has 0 unspecified atom stereocenters. The minimum atomic E-state index is -0.366. The first kappa shape index (κ1) is 14.2. The van der Waals surface area contributed by atoms with Gasteiger partial charge < -0.3 is 5.32 Å². The summed E-state index contributed by atoms with van der Waals surface area (Å²) in [4.78, 5) is 14.9. The number of nitro groups is 1. The van der Waals surface area contributed by atoms with E-state index in [2.05, 4.69) is 17.2 Å². The number of fused-ring (bicyclic) bond motifs is 1. The molecule has 20 heavy (non-hydrogen) atoms. The summed E-state index contributed by atoms with van der Waals surface area (Å²) in [6.07, 6.45) is 6.40. The summed E-state index contributed by atoms with van der Waals surface area (Å²) in [6, 6.07) is 6.74. The van der Waals surface area contributed by atoms with Crippen LogP contribution >= 0.6 is 0 Å². The summed E-state index contributed by atoms with van der Waals surface area (Å²) in [5.41, 5.74) is 1.63. The van der Waals surface area contributed by atoms with Crippen molar-refractivity contribution < 1.29 is 4.92 Å². The summed E-state index contributed by atoms with van der Waals surface area (Å²) in [6.45, 7) is 3.05. The van der Waals surface area contributed by atoms with E-state index < -0.39 is 0 Å². The molecular formula is C15H19N3O2. The van der Waals surface area contributed by atoms with Crippen molar-refractivity contribution in [1.82, 2.24) is 4.98 Å². The van der Waals surface area contributed by atoms with Gasteiger partial charge in [-0.3, -0.25) is 15.1 Å². The number of aromatic nitrogens is 1. The molecule has 0 fully saturated rings. The molecule has 0 saturated heterocycles. The van der Waals surface area contributed by atoms with Gasteiger partial charge in [0.1, 0.15) is 5.52 Å². The molecule has 5 nitrogen and oxygen atoms in total. The van der Waals surface area contributed by atoms with Gasteiger partial charge in [-0.05, 0) is 24.6 Å². The van der Waals surface area contributed by atoms with Crippen LogP contribution in [0.1, 0.15) is 32.6 Å². The van der Waals surface area contributed by atoms with Gasteiger partial charge in [-0.1, -0.05) is 26.2 Å². The lowest BCUT2D eigenvalue weighted by molar-refractivity contribution is -0.383. The smallest absolute Gasteiger partial charge is 0.278 e. The molecule has 1 aromatic heterocycles. The summed E-state index contributed by atoms with van der Waals surface area (Å²) >= 11 is 0. The number of benzene rings is 1. The lowest BCUT2D eigenvalue weighted by Crippen LogP contribution is -2.03. The number of hydrogen-bond acceptors (Lipinski definition) is 4. The Morgan fingerprint density at radius 2 is 2.10 bits per heavy atom. The SMILES string of the molecule is CCCCCCNc1ccc([N+](=O)[O-])c2cccnc12. The van der Waals surface area contributed by atoms with Crippen molar-refractivity contribution in [2.75, 3.05) is 11.9 Å². The molecule has 0 aliphatic heterocycles. The van der Waals surface area contributed by atoms with Crippen molar-refractivity contribution in [3.05, 3.63) is 40.6 Å². The molecule has 1 aromatic carbocycles. The minimum absolute atomic E-state index is 0.102. The number of nitrogens with one attached hydrogen (secondary N) is 1. The Balaban J connectivity index is 2.18. The van der Waals surface area contributed by atoms with Gasteiger partial charge in [-0.25, -0.2) is 0 Å². The van der Waals surface area contributed by atoms with Crippen LogP contribution in [-0.2, 0) is 0 Å². The largest absolute Gasteiger partial charge is 0.383 e. The molecule has 0 aliphatic rings. The number of anilines is 1. The molecule has 0 spiro atoms. The highest BCUT2D eigenvalue weighted by atomic mass is 16.6. The highest BCUT2D eigenvalue weighted by Crippen LogP contribution is 2.29. The van der Waals surface area contributed by atoms with Crippen molar-refractivity contribution in [3.63, 3.8) is 0 Å². The molecule has 0 radical (unpaired) electrons. The maximum absolute atomic E-state index is 11.0. The second kappa shape index (κ2) is 6.84. The molecular weight excluding hydrogens is 254 g/mol. The van der Waals surface area contributed by atoms with Crippen LogP contribution in [0.4, 0.5) is 11.4 Å². The summed E-state index contributed by atoms with van der Waals surface area (Å²) in [5.74, 6) is 0. The number of nitrogens with zero attached hydrogens (tertiary/aromatic N) is 2. The van der Waals surface area contributed by atoms with E-state index in [9.17, 15) is 10.1 Å². The van der Waals surface area contributed by atoms with Crippen molar-refractivity contribution in [3.8, 4) is 0 Å². The van der Waals surface area contributed by atoms with Gasteiger partial charge in [0, 0.05) is 18.8 Å². The maximum atomic E-state index is 11.0. The zero-order chi connectivity index (χ0) is 14.4. The summed E-state index contributed by atoms with van der Waals surface area (Å²) in [7, 11) is 0. The van der Waals surface area contributed by atoms with Crippen LogP contribution in [0, 0.1) is 10.1 Å². The Morgan fingerprint density at radius 3 is 2.85 bits per heavy atom. The van der Waals surface area contributed by atoms with Gasteiger partial charge in [0.15, 0.2) is 0 Å². The van der Waals surface area contributed by atoms with Gasteiger partial charge >= 0.3 is 0 Å². The Bertz CT molecular complexity index is 599. The van der Waals surface area contributed by atoms with Crippen molar-refractivity contribution in [2.24, 2.45) is 0 Å². The lowest BCUT2D eigenvalue weighted by Gasteiger charge is -2.09. The molecule has 5 heteroatoms. The molecule has 2 aromatic rings. The summed E-state index contributed by atoms with van der Waals surface area (Å²) < 4.78 is 0. The Morgan fingerprint density at radius 1 is 1.25 bits per heavy atom. The van der Waals surface area contributed by atoms with Gasteiger partial charge in [-0.2, -0.15) is 0 Å². The fraction of sp³-hybridized carbons (Fsp3) is 0.400. The van der Waals surface area contributed by atoms with E-state index >= 15 is 0 Å². The van der Waals surface area contributed by atoms with Crippen molar-refractivity contribution >= 4 is 22.3 Å². The predicted octanol–water partition coefficient (Wildman–Crippen LogP) is 4.14. The molecule has 0 saturated carbocycles. The molecule has 0 amide bonds. The normalized spacial score (nSPS) is 10.7. The van der Waals surface area contributed by atoms with Crippen LogP contribution in [0.2, 0.25) is 0 Å².